The van der Waals surface area contributed by atoms with Crippen LogP contribution >= 0.6 is 0 Å². The molecular weight excluding hydrogens is 180 g/mol. The summed E-state index contributed by atoms with van der Waals surface area (Å²) in [6.45, 7) is 1.73. The number of nitrogens with one attached hydrogen (secondary N) is 2. The number of hydrogen-bond acceptors (Lipinski definition) is 4. The minimum Gasteiger partial charge on any atom is -0.395 e. The van der Waals surface area contributed by atoms with Crippen LogP contribution in [0.1, 0.15) is 25.7 Å². The quantitative estimate of drug-likeness (QED) is 0.467. The van der Waals surface area contributed by atoms with Crippen molar-refractivity contribution in [3.8, 4) is 0 Å². The molecule has 14 heavy (non-hydrogen) atoms. The summed E-state index contributed by atoms with van der Waals surface area (Å²) in [5.74, 6) is 0. The molecule has 0 aromatic rings. The molecule has 0 aliphatic heterocycles. The summed E-state index contributed by atoms with van der Waals surface area (Å²) in [5.41, 5.74) is 0. The lowest BCUT2D eigenvalue weighted by atomic mass is 9.90. The summed E-state index contributed by atoms with van der Waals surface area (Å²) in [6, 6.07) is 0.921. The topological polar surface area (TPSA) is 64.5 Å². The van der Waals surface area contributed by atoms with E-state index in [2.05, 4.69) is 10.6 Å². The largest absolute Gasteiger partial charge is 0.395 e. The maximum atomic E-state index is 8.74. The average molecular weight is 202 g/mol. The molecule has 1 fully saturated rings. The van der Waals surface area contributed by atoms with Crippen LogP contribution in [0.2, 0.25) is 0 Å². The van der Waals surface area contributed by atoms with E-state index in [1.165, 1.54) is 25.7 Å². The Balaban J connectivity index is 2.26. The fourth-order valence-corrected chi connectivity index (χ4v) is 2.12. The first-order valence-electron chi connectivity index (χ1n) is 5.57. The van der Waals surface area contributed by atoms with Gasteiger partial charge in [-0.1, -0.05) is 12.8 Å². The predicted octanol–water partition coefficient (Wildman–Crippen LogP) is -0.539. The van der Waals surface area contributed by atoms with E-state index in [1.807, 2.05) is 0 Å². The lowest BCUT2D eigenvalue weighted by molar-refractivity contribution is 0.229. The molecule has 1 rings (SSSR count). The van der Waals surface area contributed by atoms with E-state index in [9.17, 15) is 0 Å². The third-order valence-corrected chi connectivity index (χ3v) is 2.80. The Labute approximate surface area is 85.7 Å². The molecule has 0 unspecified atom stereocenters. The first-order chi connectivity index (χ1) is 6.88. The SMILES string of the molecule is OCCN[C@@H]1CCCC[C@H]1NCCO. The summed E-state index contributed by atoms with van der Waals surface area (Å²) >= 11 is 0. The third-order valence-electron chi connectivity index (χ3n) is 2.80. The van der Waals surface area contributed by atoms with Gasteiger partial charge in [-0.05, 0) is 12.8 Å². The van der Waals surface area contributed by atoms with Crippen LogP contribution in [0, 0.1) is 0 Å². The molecule has 1 aliphatic carbocycles. The van der Waals surface area contributed by atoms with E-state index in [-0.39, 0.29) is 13.2 Å². The van der Waals surface area contributed by atoms with Crippen LogP contribution in [0.3, 0.4) is 0 Å². The van der Waals surface area contributed by atoms with Crippen molar-refractivity contribution in [3.05, 3.63) is 0 Å². The second-order valence-electron chi connectivity index (χ2n) is 3.85. The average Bonchev–Trinajstić information content (AvgIpc) is 2.24. The number of hydrogen-bond donors (Lipinski definition) is 4. The highest BCUT2D eigenvalue weighted by atomic mass is 16.3. The second-order valence-corrected chi connectivity index (χ2v) is 3.85. The van der Waals surface area contributed by atoms with Crippen LogP contribution in [0.4, 0.5) is 0 Å². The molecule has 0 radical (unpaired) electrons. The van der Waals surface area contributed by atoms with E-state index in [0.717, 1.165) is 0 Å². The summed E-state index contributed by atoms with van der Waals surface area (Å²) < 4.78 is 0. The molecule has 0 aromatic heterocycles. The maximum absolute atomic E-state index is 8.74. The van der Waals surface area contributed by atoms with Gasteiger partial charge >= 0.3 is 0 Å². The van der Waals surface area contributed by atoms with Gasteiger partial charge in [-0.25, -0.2) is 0 Å². The van der Waals surface area contributed by atoms with Crippen molar-refractivity contribution in [2.75, 3.05) is 26.3 Å². The smallest absolute Gasteiger partial charge is 0.0556 e. The van der Waals surface area contributed by atoms with E-state index in [0.29, 0.717) is 25.2 Å². The lowest BCUT2D eigenvalue weighted by Gasteiger charge is -2.32. The molecule has 84 valence electrons. The molecule has 1 aliphatic rings. The van der Waals surface area contributed by atoms with Gasteiger partial charge in [-0.3, -0.25) is 0 Å². The summed E-state index contributed by atoms with van der Waals surface area (Å²) in [4.78, 5) is 0. The molecule has 0 amide bonds. The molecule has 4 heteroatoms. The summed E-state index contributed by atoms with van der Waals surface area (Å²) in [6.07, 6.45) is 4.87. The maximum Gasteiger partial charge on any atom is 0.0556 e. The number of aliphatic hydroxyl groups excluding tert-OH is 2. The van der Waals surface area contributed by atoms with Gasteiger partial charge in [0.25, 0.3) is 0 Å². The van der Waals surface area contributed by atoms with Crippen LogP contribution in [0.5, 0.6) is 0 Å². The molecule has 4 N–H and O–H groups in total. The zero-order valence-electron chi connectivity index (χ0n) is 8.71. The zero-order valence-corrected chi connectivity index (χ0v) is 8.71. The molecule has 0 heterocycles. The van der Waals surface area contributed by atoms with Crippen LogP contribution in [0.15, 0.2) is 0 Å². The van der Waals surface area contributed by atoms with Crippen molar-refractivity contribution in [1.82, 2.24) is 10.6 Å². The summed E-state index contributed by atoms with van der Waals surface area (Å²) in [5, 5.41) is 24.1. The molecule has 2 atom stereocenters. The van der Waals surface area contributed by atoms with Crippen molar-refractivity contribution in [1.29, 1.82) is 0 Å². The van der Waals surface area contributed by atoms with Gasteiger partial charge in [0.05, 0.1) is 13.2 Å². The van der Waals surface area contributed by atoms with E-state index < -0.39 is 0 Å². The predicted molar refractivity (Wildman–Crippen MR) is 56.2 cm³/mol. The zero-order chi connectivity index (χ0) is 10.2. The molecule has 4 nitrogen and oxygen atoms in total. The standard InChI is InChI=1S/C10H22N2O2/c13-7-5-11-9-3-1-2-4-10(9)12-6-8-14/h9-14H,1-8H2/t9-,10-/m1/s1. The van der Waals surface area contributed by atoms with Crippen molar-refractivity contribution in [2.24, 2.45) is 0 Å². The van der Waals surface area contributed by atoms with Crippen molar-refractivity contribution in [3.63, 3.8) is 0 Å². The van der Waals surface area contributed by atoms with E-state index in [1.54, 1.807) is 0 Å². The highest BCUT2D eigenvalue weighted by Gasteiger charge is 2.23. The van der Waals surface area contributed by atoms with Crippen molar-refractivity contribution in [2.45, 2.75) is 37.8 Å². The van der Waals surface area contributed by atoms with Crippen molar-refractivity contribution < 1.29 is 10.2 Å². The van der Waals surface area contributed by atoms with Gasteiger partial charge in [-0.2, -0.15) is 0 Å². The molecule has 0 spiro atoms. The first-order valence-corrected chi connectivity index (χ1v) is 5.57. The second kappa shape index (κ2) is 7.17. The highest BCUT2D eigenvalue weighted by Crippen LogP contribution is 2.18. The summed E-state index contributed by atoms with van der Waals surface area (Å²) in [7, 11) is 0. The Bertz CT molecular complexity index is 128. The molecular formula is C10H22N2O2. The molecule has 0 bridgehead atoms. The van der Waals surface area contributed by atoms with Gasteiger partial charge in [0.1, 0.15) is 0 Å². The Kier molecular flexibility index (Phi) is 6.10. The molecule has 0 saturated heterocycles. The Morgan fingerprint density at radius 1 is 0.857 bits per heavy atom. The van der Waals surface area contributed by atoms with Crippen molar-refractivity contribution >= 4 is 0 Å². The minimum atomic E-state index is 0.198. The fraction of sp³-hybridized carbons (Fsp3) is 1.00. The Morgan fingerprint density at radius 2 is 1.29 bits per heavy atom. The first kappa shape index (κ1) is 11.9. The van der Waals surface area contributed by atoms with Gasteiger partial charge in [0.15, 0.2) is 0 Å². The molecule has 1 saturated carbocycles. The van der Waals surface area contributed by atoms with Gasteiger partial charge in [0, 0.05) is 25.2 Å². The van der Waals surface area contributed by atoms with Crippen LogP contribution in [0.25, 0.3) is 0 Å². The third kappa shape index (κ3) is 3.92. The van der Waals surface area contributed by atoms with Crippen LogP contribution in [-0.4, -0.2) is 48.6 Å². The Hall–Kier alpha value is -0.160. The highest BCUT2D eigenvalue weighted by molar-refractivity contribution is 4.85. The van der Waals surface area contributed by atoms with Gasteiger partial charge in [0.2, 0.25) is 0 Å². The van der Waals surface area contributed by atoms with Gasteiger partial charge in [-0.15, -0.1) is 0 Å². The van der Waals surface area contributed by atoms with Crippen LogP contribution < -0.4 is 10.6 Å². The lowest BCUT2D eigenvalue weighted by Crippen LogP contribution is -2.51. The van der Waals surface area contributed by atoms with Crippen LogP contribution in [-0.2, 0) is 0 Å². The number of aliphatic hydroxyl groups is 2. The monoisotopic (exact) mass is 202 g/mol. The normalized spacial score (nSPS) is 27.9. The Morgan fingerprint density at radius 3 is 1.64 bits per heavy atom. The van der Waals surface area contributed by atoms with E-state index >= 15 is 0 Å². The fourth-order valence-electron chi connectivity index (χ4n) is 2.12. The number of rotatable bonds is 6. The molecule has 0 aromatic carbocycles. The minimum absolute atomic E-state index is 0.198. The van der Waals surface area contributed by atoms with E-state index in [4.69, 9.17) is 10.2 Å². The van der Waals surface area contributed by atoms with Gasteiger partial charge < -0.3 is 20.8 Å².